The Labute approximate surface area is 143 Å². The minimum Gasteiger partial charge on any atom is -1.00 e. The molecule has 0 radical (unpaired) electrons. The average Bonchev–Trinajstić information content (AvgIpc) is 2.81. The predicted molar refractivity (Wildman–Crippen MR) is 86.2 cm³/mol. The van der Waals surface area contributed by atoms with E-state index in [1.165, 1.54) is 5.56 Å². The summed E-state index contributed by atoms with van der Waals surface area (Å²) in [5.74, 6) is 0.536. The summed E-state index contributed by atoms with van der Waals surface area (Å²) in [7, 11) is 2.24. The van der Waals surface area contributed by atoms with E-state index in [0.717, 1.165) is 48.5 Å². The van der Waals surface area contributed by atoms with E-state index in [4.69, 9.17) is 15.2 Å². The van der Waals surface area contributed by atoms with Crippen LogP contribution in [0.15, 0.2) is 12.1 Å². The fourth-order valence-electron chi connectivity index (χ4n) is 2.81. The second-order valence-corrected chi connectivity index (χ2v) is 6.37. The lowest BCUT2D eigenvalue weighted by molar-refractivity contribution is -0.916. The summed E-state index contributed by atoms with van der Waals surface area (Å²) in [4.78, 5) is 0. The van der Waals surface area contributed by atoms with Crippen LogP contribution in [-0.2, 0) is 4.74 Å². The summed E-state index contributed by atoms with van der Waals surface area (Å²) < 4.78 is 14.1. The lowest BCUT2D eigenvalue weighted by Crippen LogP contribution is -3.00. The summed E-state index contributed by atoms with van der Waals surface area (Å²) in [6.45, 7) is 9.37. The molecule has 7 heteroatoms. The third kappa shape index (κ3) is 3.54. The number of nitrogens with zero attached hydrogens (tertiary/aromatic N) is 3. The van der Waals surface area contributed by atoms with Crippen LogP contribution in [0.3, 0.4) is 0 Å². The van der Waals surface area contributed by atoms with Crippen molar-refractivity contribution in [2.24, 2.45) is 0 Å². The molecule has 128 valence electrons. The monoisotopic (exact) mass is 340 g/mol. The van der Waals surface area contributed by atoms with Crippen LogP contribution in [0.25, 0.3) is 5.52 Å². The van der Waals surface area contributed by atoms with E-state index in [1.54, 1.807) is 0 Å². The average molecular weight is 341 g/mol. The van der Waals surface area contributed by atoms with E-state index < -0.39 is 0 Å². The molecular weight excluding hydrogens is 316 g/mol. The lowest BCUT2D eigenvalue weighted by Gasteiger charge is -2.37. The second kappa shape index (κ2) is 6.95. The molecule has 0 bridgehead atoms. The number of quaternary nitrogens is 1. The Hall–Kier alpha value is -1.50. The van der Waals surface area contributed by atoms with Crippen molar-refractivity contribution in [1.82, 2.24) is 9.61 Å². The zero-order valence-corrected chi connectivity index (χ0v) is 14.8. The number of morpholine rings is 1. The molecule has 1 aliphatic rings. The molecule has 0 aromatic carbocycles. The van der Waals surface area contributed by atoms with Crippen LogP contribution in [-0.4, -0.2) is 60.6 Å². The van der Waals surface area contributed by atoms with Gasteiger partial charge in [0.25, 0.3) is 5.88 Å². The molecule has 0 aliphatic carbocycles. The van der Waals surface area contributed by atoms with E-state index in [-0.39, 0.29) is 12.4 Å². The summed E-state index contributed by atoms with van der Waals surface area (Å²) in [6, 6.07) is 4.06. The molecule has 0 atom stereocenters. The van der Waals surface area contributed by atoms with Gasteiger partial charge >= 0.3 is 0 Å². The standard InChI is InChI=1S/C16H25N4O2.ClH/c1-12-4-5-14-15(17)16(18-19(14)13(12)2)22-11-8-20(3)6-9-21-10-7-20;/h4-5H,6-11,17H2,1-3H3;1H/q+1;/p-1. The summed E-state index contributed by atoms with van der Waals surface area (Å²) in [5.41, 5.74) is 9.98. The molecule has 0 amide bonds. The Morgan fingerprint density at radius 2 is 2.00 bits per heavy atom. The van der Waals surface area contributed by atoms with E-state index in [1.807, 2.05) is 17.5 Å². The Kier molecular flexibility index (Phi) is 5.39. The van der Waals surface area contributed by atoms with Gasteiger partial charge in [0.2, 0.25) is 0 Å². The molecule has 23 heavy (non-hydrogen) atoms. The number of ether oxygens (including phenoxy) is 2. The van der Waals surface area contributed by atoms with Crippen molar-refractivity contribution in [1.29, 1.82) is 0 Å². The van der Waals surface area contributed by atoms with E-state index >= 15 is 0 Å². The molecule has 0 spiro atoms. The van der Waals surface area contributed by atoms with Gasteiger partial charge in [-0.25, -0.2) is 4.52 Å². The van der Waals surface area contributed by atoms with Gasteiger partial charge in [-0.05, 0) is 25.5 Å². The first kappa shape index (κ1) is 17.8. The minimum absolute atomic E-state index is 0. The number of fused-ring (bicyclic) bond motifs is 1. The highest BCUT2D eigenvalue weighted by Gasteiger charge is 2.25. The SMILES string of the molecule is Cc1ccc2c(N)c(OCC[N+]3(C)CCOCC3)nn2c1C.[Cl-]. The second-order valence-electron chi connectivity index (χ2n) is 6.37. The smallest absolute Gasteiger partial charge is 0.257 e. The van der Waals surface area contributed by atoms with Crippen molar-refractivity contribution in [2.45, 2.75) is 13.8 Å². The molecule has 1 saturated heterocycles. The first-order valence-electron chi connectivity index (χ1n) is 7.79. The van der Waals surface area contributed by atoms with Crippen molar-refractivity contribution < 1.29 is 26.4 Å². The Morgan fingerprint density at radius 3 is 2.70 bits per heavy atom. The molecule has 6 nitrogen and oxygen atoms in total. The topological polar surface area (TPSA) is 61.8 Å². The molecule has 0 unspecified atom stereocenters. The molecule has 2 N–H and O–H groups in total. The highest BCUT2D eigenvalue weighted by molar-refractivity contribution is 5.75. The number of aryl methyl sites for hydroxylation is 2. The number of nitrogens with two attached hydrogens (primary N) is 1. The fraction of sp³-hybridized carbons (Fsp3) is 0.562. The van der Waals surface area contributed by atoms with Crippen molar-refractivity contribution in [2.75, 3.05) is 52.2 Å². The number of hydrogen-bond acceptors (Lipinski definition) is 4. The zero-order valence-electron chi connectivity index (χ0n) is 14.0. The van der Waals surface area contributed by atoms with Crippen LogP contribution < -0.4 is 22.9 Å². The zero-order chi connectivity index (χ0) is 15.7. The first-order chi connectivity index (χ1) is 10.5. The van der Waals surface area contributed by atoms with E-state index in [2.05, 4.69) is 25.1 Å². The molecule has 3 heterocycles. The molecule has 1 fully saturated rings. The van der Waals surface area contributed by atoms with Gasteiger partial charge in [-0.2, -0.15) is 0 Å². The van der Waals surface area contributed by atoms with Gasteiger partial charge in [0.05, 0.1) is 25.8 Å². The molecule has 0 saturated carbocycles. The van der Waals surface area contributed by atoms with Gasteiger partial charge in [-0.15, -0.1) is 5.10 Å². The third-order valence-corrected chi connectivity index (χ3v) is 4.73. The maximum atomic E-state index is 6.18. The number of pyridine rings is 1. The third-order valence-electron chi connectivity index (χ3n) is 4.73. The van der Waals surface area contributed by atoms with Gasteiger partial charge in [0.15, 0.2) is 0 Å². The van der Waals surface area contributed by atoms with Crippen LogP contribution in [0.5, 0.6) is 5.88 Å². The summed E-state index contributed by atoms with van der Waals surface area (Å²) in [6.07, 6.45) is 0. The molecule has 3 rings (SSSR count). The Morgan fingerprint density at radius 1 is 1.30 bits per heavy atom. The highest BCUT2D eigenvalue weighted by Crippen LogP contribution is 2.27. The maximum Gasteiger partial charge on any atom is 0.257 e. The molecular formula is C16H25ClN4O2. The van der Waals surface area contributed by atoms with Crippen LogP contribution in [0, 0.1) is 13.8 Å². The van der Waals surface area contributed by atoms with Crippen LogP contribution >= 0.6 is 0 Å². The number of rotatable bonds is 4. The summed E-state index contributed by atoms with van der Waals surface area (Å²) >= 11 is 0. The number of likely N-dealkylation sites (N-methyl/N-ethyl adjacent to an activating group) is 1. The van der Waals surface area contributed by atoms with Crippen molar-refractivity contribution in [3.63, 3.8) is 0 Å². The van der Waals surface area contributed by atoms with Gasteiger partial charge < -0.3 is 32.1 Å². The summed E-state index contributed by atoms with van der Waals surface area (Å²) in [5, 5.41) is 4.52. The first-order valence-corrected chi connectivity index (χ1v) is 7.79. The van der Waals surface area contributed by atoms with E-state index in [9.17, 15) is 0 Å². The lowest BCUT2D eigenvalue weighted by atomic mass is 10.2. The van der Waals surface area contributed by atoms with Gasteiger partial charge in [0.1, 0.15) is 31.9 Å². The van der Waals surface area contributed by atoms with Crippen LogP contribution in [0.2, 0.25) is 0 Å². The number of anilines is 1. The number of halogens is 1. The van der Waals surface area contributed by atoms with Crippen LogP contribution in [0.1, 0.15) is 11.3 Å². The van der Waals surface area contributed by atoms with E-state index in [0.29, 0.717) is 18.2 Å². The predicted octanol–water partition coefficient (Wildman–Crippen LogP) is -1.61. The largest absolute Gasteiger partial charge is 1.00 e. The van der Waals surface area contributed by atoms with Crippen LogP contribution in [0.4, 0.5) is 5.69 Å². The maximum absolute atomic E-state index is 6.18. The van der Waals surface area contributed by atoms with Crippen molar-refractivity contribution in [3.8, 4) is 5.88 Å². The Balaban J connectivity index is 0.00000192. The fourth-order valence-corrected chi connectivity index (χ4v) is 2.81. The van der Waals surface area contributed by atoms with Gasteiger partial charge in [0, 0.05) is 5.69 Å². The molecule has 2 aromatic heterocycles. The Bertz CT molecular complexity index is 680. The quantitative estimate of drug-likeness (QED) is 0.681. The van der Waals surface area contributed by atoms with Gasteiger partial charge in [-0.1, -0.05) is 6.07 Å². The number of hydrogen-bond donors (Lipinski definition) is 1. The molecule has 1 aliphatic heterocycles. The minimum atomic E-state index is 0. The van der Waals surface area contributed by atoms with Crippen molar-refractivity contribution in [3.05, 3.63) is 23.4 Å². The highest BCUT2D eigenvalue weighted by atomic mass is 35.5. The number of aromatic nitrogens is 2. The van der Waals surface area contributed by atoms with Crippen molar-refractivity contribution >= 4 is 11.2 Å². The number of nitrogen functional groups attached to an aromatic ring is 1. The molecule has 2 aromatic rings. The normalized spacial score (nSPS) is 17.0. The van der Waals surface area contributed by atoms with Gasteiger partial charge in [-0.3, -0.25) is 0 Å².